The van der Waals surface area contributed by atoms with Gasteiger partial charge in [0.2, 0.25) is 0 Å². The summed E-state index contributed by atoms with van der Waals surface area (Å²) in [5, 5.41) is 9.77. The van der Waals surface area contributed by atoms with E-state index in [9.17, 15) is 9.59 Å². The molecule has 0 saturated carbocycles. The van der Waals surface area contributed by atoms with Crippen molar-refractivity contribution in [3.63, 3.8) is 0 Å². The van der Waals surface area contributed by atoms with E-state index in [1.165, 1.54) is 17.7 Å². The molecule has 3 aromatic rings. The Kier molecular flexibility index (Phi) is 8.65. The molecule has 3 saturated heterocycles. The number of carbonyl (C=O) groups excluding carboxylic acids is 1. The maximum absolute atomic E-state index is 13.9. The van der Waals surface area contributed by atoms with Crippen LogP contribution in [0.4, 0.5) is 4.79 Å². The van der Waals surface area contributed by atoms with Crippen LogP contribution in [0.25, 0.3) is 0 Å². The molecule has 0 radical (unpaired) electrons. The number of ether oxygens (including phenoxy) is 2. The SMILES string of the molecule is O=C(O)c1ccc(Oc2ccc(CN3CCC(N4C(=O)N(C5CCOCC5)C[C@H]4c4cccc(Cl)c4)CC3)cc2)cc1. The molecule has 3 heterocycles. The first-order valence-corrected chi connectivity index (χ1v) is 15.1. The third-order valence-electron chi connectivity index (χ3n) is 8.65. The van der Waals surface area contributed by atoms with Crippen molar-refractivity contribution in [2.75, 3.05) is 32.8 Å². The molecular formula is C33H36ClN3O5. The van der Waals surface area contributed by atoms with Gasteiger partial charge in [-0.15, -0.1) is 0 Å². The number of carboxylic acid groups (broad SMARTS) is 1. The van der Waals surface area contributed by atoms with Crippen LogP contribution in [0.2, 0.25) is 5.02 Å². The molecule has 3 aromatic carbocycles. The highest BCUT2D eigenvalue weighted by Crippen LogP contribution is 2.38. The smallest absolute Gasteiger partial charge is 0.335 e. The van der Waals surface area contributed by atoms with Gasteiger partial charge in [0.25, 0.3) is 0 Å². The van der Waals surface area contributed by atoms with Crippen LogP contribution in [0.5, 0.6) is 11.5 Å². The Hall–Kier alpha value is -3.59. The largest absolute Gasteiger partial charge is 0.478 e. The summed E-state index contributed by atoms with van der Waals surface area (Å²) in [4.78, 5) is 31.6. The number of urea groups is 1. The number of hydrogen-bond donors (Lipinski definition) is 1. The summed E-state index contributed by atoms with van der Waals surface area (Å²) in [6.07, 6.45) is 3.64. The van der Waals surface area contributed by atoms with E-state index in [1.54, 1.807) is 12.1 Å². The van der Waals surface area contributed by atoms with Gasteiger partial charge in [-0.25, -0.2) is 9.59 Å². The first-order valence-electron chi connectivity index (χ1n) is 14.7. The number of nitrogens with zero attached hydrogens (tertiary/aromatic N) is 3. The molecule has 3 fully saturated rings. The normalized spacial score (nSPS) is 20.7. The molecule has 9 heteroatoms. The van der Waals surface area contributed by atoms with E-state index >= 15 is 0 Å². The van der Waals surface area contributed by atoms with Gasteiger partial charge in [0, 0.05) is 56.5 Å². The molecule has 0 aromatic heterocycles. The van der Waals surface area contributed by atoms with E-state index in [4.69, 9.17) is 26.2 Å². The second-order valence-corrected chi connectivity index (χ2v) is 11.8. The number of carbonyl (C=O) groups is 2. The number of hydrogen-bond acceptors (Lipinski definition) is 5. The van der Waals surface area contributed by atoms with Crippen molar-refractivity contribution >= 4 is 23.6 Å². The number of rotatable bonds is 8. The summed E-state index contributed by atoms with van der Waals surface area (Å²) in [6, 6.07) is 22.9. The molecule has 0 aliphatic carbocycles. The minimum absolute atomic E-state index is 0.00321. The van der Waals surface area contributed by atoms with E-state index < -0.39 is 5.97 Å². The molecular weight excluding hydrogens is 554 g/mol. The van der Waals surface area contributed by atoms with E-state index in [-0.39, 0.29) is 29.7 Å². The predicted octanol–water partition coefficient (Wildman–Crippen LogP) is 6.45. The second-order valence-electron chi connectivity index (χ2n) is 11.3. The number of likely N-dealkylation sites (tertiary alicyclic amines) is 1. The van der Waals surface area contributed by atoms with Gasteiger partial charge in [0.15, 0.2) is 0 Å². The summed E-state index contributed by atoms with van der Waals surface area (Å²) in [7, 11) is 0. The first kappa shape index (κ1) is 28.5. The van der Waals surface area contributed by atoms with Crippen LogP contribution in [0.3, 0.4) is 0 Å². The molecule has 8 nitrogen and oxygen atoms in total. The standard InChI is InChI=1S/C33H36ClN3O5/c34-26-3-1-2-25(20-26)31-22-36(27-14-18-41-19-15-27)33(40)37(31)28-12-16-35(17-13-28)21-23-4-8-29(9-5-23)42-30-10-6-24(7-11-30)32(38)39/h1-11,20,27-28,31H,12-19,21-22H2,(H,38,39)/t31-/m0/s1. The van der Waals surface area contributed by atoms with Gasteiger partial charge in [-0.1, -0.05) is 35.9 Å². The molecule has 0 bridgehead atoms. The lowest BCUT2D eigenvalue weighted by atomic mass is 9.98. The van der Waals surface area contributed by atoms with Crippen molar-refractivity contribution in [2.24, 2.45) is 0 Å². The Morgan fingerprint density at radius 3 is 2.21 bits per heavy atom. The van der Waals surface area contributed by atoms with Crippen LogP contribution >= 0.6 is 11.6 Å². The summed E-state index contributed by atoms with van der Waals surface area (Å²) < 4.78 is 11.5. The van der Waals surface area contributed by atoms with E-state index in [2.05, 4.69) is 32.9 Å². The van der Waals surface area contributed by atoms with Crippen molar-refractivity contribution in [3.05, 3.63) is 94.5 Å². The zero-order valence-corrected chi connectivity index (χ0v) is 24.3. The average molecular weight is 590 g/mol. The fourth-order valence-electron chi connectivity index (χ4n) is 6.40. The number of halogens is 1. The lowest BCUT2D eigenvalue weighted by Crippen LogP contribution is -2.48. The molecule has 3 aliphatic heterocycles. The van der Waals surface area contributed by atoms with Gasteiger partial charge in [-0.05, 0) is 85.3 Å². The Bertz CT molecular complexity index is 1390. The highest BCUT2D eigenvalue weighted by Gasteiger charge is 2.45. The summed E-state index contributed by atoms with van der Waals surface area (Å²) in [6.45, 7) is 4.79. The predicted molar refractivity (Wildman–Crippen MR) is 160 cm³/mol. The van der Waals surface area contributed by atoms with Gasteiger partial charge in [-0.2, -0.15) is 0 Å². The van der Waals surface area contributed by atoms with Gasteiger partial charge < -0.3 is 24.4 Å². The van der Waals surface area contributed by atoms with Crippen molar-refractivity contribution in [1.82, 2.24) is 14.7 Å². The number of aromatic carboxylic acids is 1. The lowest BCUT2D eigenvalue weighted by molar-refractivity contribution is 0.0493. The molecule has 6 rings (SSSR count). The molecule has 1 atom stereocenters. The maximum Gasteiger partial charge on any atom is 0.335 e. The Balaban J connectivity index is 1.07. The van der Waals surface area contributed by atoms with E-state index in [1.807, 2.05) is 30.3 Å². The zero-order chi connectivity index (χ0) is 29.1. The minimum Gasteiger partial charge on any atom is -0.478 e. The first-order chi connectivity index (χ1) is 20.4. The highest BCUT2D eigenvalue weighted by atomic mass is 35.5. The highest BCUT2D eigenvalue weighted by molar-refractivity contribution is 6.30. The van der Waals surface area contributed by atoms with Gasteiger partial charge >= 0.3 is 12.0 Å². The average Bonchev–Trinajstić information content (AvgIpc) is 3.36. The molecule has 220 valence electrons. The van der Waals surface area contributed by atoms with Gasteiger partial charge in [0.05, 0.1) is 11.6 Å². The summed E-state index contributed by atoms with van der Waals surface area (Å²) in [5.41, 5.74) is 2.53. The number of benzene rings is 3. The molecule has 3 aliphatic rings. The molecule has 2 amide bonds. The van der Waals surface area contributed by atoms with Crippen molar-refractivity contribution < 1.29 is 24.2 Å². The fourth-order valence-corrected chi connectivity index (χ4v) is 6.60. The zero-order valence-electron chi connectivity index (χ0n) is 23.5. The number of piperidine rings is 1. The third-order valence-corrected chi connectivity index (χ3v) is 8.89. The maximum atomic E-state index is 13.9. The topological polar surface area (TPSA) is 82.6 Å². The van der Waals surface area contributed by atoms with Gasteiger partial charge in [0.1, 0.15) is 11.5 Å². The quantitative estimate of drug-likeness (QED) is 0.325. The summed E-state index contributed by atoms with van der Waals surface area (Å²) >= 11 is 6.37. The van der Waals surface area contributed by atoms with E-state index in [0.29, 0.717) is 36.3 Å². The van der Waals surface area contributed by atoms with E-state index in [0.717, 1.165) is 50.9 Å². The van der Waals surface area contributed by atoms with Crippen LogP contribution in [0, 0.1) is 0 Å². The Labute approximate surface area is 251 Å². The molecule has 42 heavy (non-hydrogen) atoms. The van der Waals surface area contributed by atoms with Crippen LogP contribution in [-0.4, -0.2) is 76.7 Å². The number of amides is 2. The third kappa shape index (κ3) is 6.41. The summed E-state index contributed by atoms with van der Waals surface area (Å²) in [5.74, 6) is 0.340. The molecule has 1 N–H and O–H groups in total. The Morgan fingerprint density at radius 2 is 1.57 bits per heavy atom. The van der Waals surface area contributed by atoms with Crippen LogP contribution < -0.4 is 4.74 Å². The molecule has 0 unspecified atom stereocenters. The Morgan fingerprint density at radius 1 is 0.905 bits per heavy atom. The lowest BCUT2D eigenvalue weighted by Gasteiger charge is -2.39. The van der Waals surface area contributed by atoms with Crippen molar-refractivity contribution in [1.29, 1.82) is 0 Å². The van der Waals surface area contributed by atoms with Crippen LogP contribution in [-0.2, 0) is 11.3 Å². The second kappa shape index (κ2) is 12.7. The fraction of sp³-hybridized carbons (Fsp3) is 0.394. The van der Waals surface area contributed by atoms with Crippen molar-refractivity contribution in [2.45, 2.75) is 50.4 Å². The van der Waals surface area contributed by atoms with Crippen molar-refractivity contribution in [3.8, 4) is 11.5 Å². The molecule has 0 spiro atoms. The van der Waals surface area contributed by atoms with Gasteiger partial charge in [-0.3, -0.25) is 4.90 Å². The van der Waals surface area contributed by atoms with Crippen LogP contribution in [0.1, 0.15) is 53.2 Å². The monoisotopic (exact) mass is 589 g/mol. The van der Waals surface area contributed by atoms with Crippen LogP contribution in [0.15, 0.2) is 72.8 Å². The number of carboxylic acids is 1. The minimum atomic E-state index is -0.958.